The van der Waals surface area contributed by atoms with Crippen LogP contribution in [0.5, 0.6) is 5.75 Å². The number of hydrogen-bond donors (Lipinski definition) is 1. The fourth-order valence-corrected chi connectivity index (χ4v) is 3.59. The number of nitrogens with two attached hydrogens (primary N) is 1. The second kappa shape index (κ2) is 6.76. The number of hydrogen-bond acceptors (Lipinski definition) is 4. The molecule has 1 aliphatic heterocycles. The highest BCUT2D eigenvalue weighted by Crippen LogP contribution is 2.29. The fraction of sp³-hybridized carbons (Fsp3) is 0.350. The van der Waals surface area contributed by atoms with Gasteiger partial charge in [-0.15, -0.1) is 0 Å². The van der Waals surface area contributed by atoms with Crippen LogP contribution >= 0.6 is 0 Å². The van der Waals surface area contributed by atoms with Crippen LogP contribution in [-0.2, 0) is 6.54 Å². The van der Waals surface area contributed by atoms with E-state index in [2.05, 4.69) is 15.4 Å². The van der Waals surface area contributed by atoms with Crippen molar-refractivity contribution >= 4 is 11.3 Å². The normalized spacial score (nSPS) is 15.6. The van der Waals surface area contributed by atoms with Gasteiger partial charge in [0.25, 0.3) is 0 Å². The van der Waals surface area contributed by atoms with Crippen LogP contribution in [0.3, 0.4) is 0 Å². The number of rotatable bonds is 4. The van der Waals surface area contributed by atoms with Gasteiger partial charge in [0.15, 0.2) is 0 Å². The number of pyridine rings is 1. The van der Waals surface area contributed by atoms with Gasteiger partial charge in [0.2, 0.25) is 0 Å². The van der Waals surface area contributed by atoms with Crippen molar-refractivity contribution in [2.24, 2.45) is 0 Å². The summed E-state index contributed by atoms with van der Waals surface area (Å²) < 4.78 is 7.53. The van der Waals surface area contributed by atoms with Crippen molar-refractivity contribution in [3.05, 3.63) is 48.3 Å². The van der Waals surface area contributed by atoms with Gasteiger partial charge in [0.1, 0.15) is 11.4 Å². The van der Waals surface area contributed by atoms with Crippen LogP contribution in [0.15, 0.2) is 42.6 Å². The number of likely N-dealkylation sites (tertiary alicyclic amines) is 1. The standard InChI is InChI=1S/C20H24N4O/c1-25-17-7-5-6-15(12-17)20-18(14-23-10-3-2-4-11-23)24-13-16(21)8-9-19(24)22-20/h5-9,12-13H,2-4,10-11,14,21H2,1H3. The Morgan fingerprint density at radius 1 is 1.12 bits per heavy atom. The molecule has 2 N–H and O–H groups in total. The second-order valence-electron chi connectivity index (χ2n) is 6.67. The zero-order valence-electron chi connectivity index (χ0n) is 14.6. The lowest BCUT2D eigenvalue weighted by atomic mass is 10.1. The van der Waals surface area contributed by atoms with E-state index in [0.717, 1.165) is 48.0 Å². The second-order valence-corrected chi connectivity index (χ2v) is 6.67. The van der Waals surface area contributed by atoms with Crippen LogP contribution in [0, 0.1) is 0 Å². The van der Waals surface area contributed by atoms with E-state index < -0.39 is 0 Å². The van der Waals surface area contributed by atoms with E-state index in [9.17, 15) is 0 Å². The number of methoxy groups -OCH3 is 1. The Hall–Kier alpha value is -2.53. The third-order valence-corrected chi connectivity index (χ3v) is 4.91. The molecule has 5 heteroatoms. The van der Waals surface area contributed by atoms with Gasteiger partial charge < -0.3 is 14.9 Å². The lowest BCUT2D eigenvalue weighted by Crippen LogP contribution is -2.29. The number of piperidine rings is 1. The predicted molar refractivity (Wildman–Crippen MR) is 101 cm³/mol. The molecule has 0 spiro atoms. The molecule has 0 radical (unpaired) electrons. The van der Waals surface area contributed by atoms with E-state index in [1.54, 1.807) is 7.11 Å². The Morgan fingerprint density at radius 2 is 1.96 bits per heavy atom. The van der Waals surface area contributed by atoms with E-state index in [4.69, 9.17) is 15.5 Å². The molecule has 3 aromatic rings. The third kappa shape index (κ3) is 3.20. The lowest BCUT2D eigenvalue weighted by Gasteiger charge is -2.26. The van der Waals surface area contributed by atoms with Crippen LogP contribution in [0.25, 0.3) is 16.9 Å². The van der Waals surface area contributed by atoms with Gasteiger partial charge in [0, 0.05) is 24.0 Å². The maximum atomic E-state index is 6.04. The molecule has 4 rings (SSSR count). The quantitative estimate of drug-likeness (QED) is 0.791. The number of fused-ring (bicyclic) bond motifs is 1. The van der Waals surface area contributed by atoms with Crippen molar-refractivity contribution in [3.8, 4) is 17.0 Å². The summed E-state index contributed by atoms with van der Waals surface area (Å²) in [4.78, 5) is 7.40. The molecule has 2 aromatic heterocycles. The topological polar surface area (TPSA) is 55.8 Å². The van der Waals surface area contributed by atoms with Gasteiger partial charge in [0.05, 0.1) is 18.5 Å². The fourth-order valence-electron chi connectivity index (χ4n) is 3.59. The average Bonchev–Trinajstić information content (AvgIpc) is 3.00. The Bertz CT molecular complexity index is 881. The van der Waals surface area contributed by atoms with E-state index in [0.29, 0.717) is 0 Å². The summed E-state index contributed by atoms with van der Waals surface area (Å²) in [5.74, 6) is 0.845. The number of aromatic nitrogens is 2. The van der Waals surface area contributed by atoms with E-state index in [-0.39, 0.29) is 0 Å². The van der Waals surface area contributed by atoms with Gasteiger partial charge in [-0.25, -0.2) is 4.98 Å². The summed E-state index contributed by atoms with van der Waals surface area (Å²) in [7, 11) is 1.69. The minimum absolute atomic E-state index is 0.752. The first kappa shape index (κ1) is 16.0. The summed E-state index contributed by atoms with van der Waals surface area (Å²) >= 11 is 0. The van der Waals surface area contributed by atoms with Gasteiger partial charge >= 0.3 is 0 Å². The van der Waals surface area contributed by atoms with Gasteiger partial charge in [-0.3, -0.25) is 4.90 Å². The number of anilines is 1. The molecule has 0 unspecified atom stereocenters. The van der Waals surface area contributed by atoms with E-state index in [1.165, 1.54) is 25.0 Å². The molecule has 0 amide bonds. The molecule has 1 aromatic carbocycles. The first-order chi connectivity index (χ1) is 12.2. The smallest absolute Gasteiger partial charge is 0.137 e. The molecule has 3 heterocycles. The van der Waals surface area contributed by atoms with Gasteiger partial charge in [-0.1, -0.05) is 18.6 Å². The maximum Gasteiger partial charge on any atom is 0.137 e. The minimum Gasteiger partial charge on any atom is -0.497 e. The number of benzene rings is 1. The molecule has 1 aliphatic rings. The zero-order valence-corrected chi connectivity index (χ0v) is 14.6. The molecule has 0 atom stereocenters. The Morgan fingerprint density at radius 3 is 2.76 bits per heavy atom. The van der Waals surface area contributed by atoms with Crippen LogP contribution in [-0.4, -0.2) is 34.5 Å². The van der Waals surface area contributed by atoms with Crippen molar-refractivity contribution < 1.29 is 4.74 Å². The maximum absolute atomic E-state index is 6.04. The number of imidazole rings is 1. The molecule has 1 saturated heterocycles. The van der Waals surface area contributed by atoms with Crippen molar-refractivity contribution in [2.75, 3.05) is 25.9 Å². The molecule has 25 heavy (non-hydrogen) atoms. The molecule has 0 saturated carbocycles. The van der Waals surface area contributed by atoms with Crippen molar-refractivity contribution in [2.45, 2.75) is 25.8 Å². The van der Waals surface area contributed by atoms with Crippen molar-refractivity contribution in [3.63, 3.8) is 0 Å². The SMILES string of the molecule is COc1cccc(-c2nc3ccc(N)cn3c2CN2CCCCC2)c1. The minimum atomic E-state index is 0.752. The molecule has 0 aliphatic carbocycles. The largest absolute Gasteiger partial charge is 0.497 e. The van der Waals surface area contributed by atoms with Crippen LogP contribution in [0.4, 0.5) is 5.69 Å². The molecular weight excluding hydrogens is 312 g/mol. The van der Waals surface area contributed by atoms with Crippen LogP contribution in [0.1, 0.15) is 25.0 Å². The van der Waals surface area contributed by atoms with E-state index in [1.807, 2.05) is 36.5 Å². The first-order valence-electron chi connectivity index (χ1n) is 8.88. The van der Waals surface area contributed by atoms with Crippen molar-refractivity contribution in [1.82, 2.24) is 14.3 Å². The molecule has 5 nitrogen and oxygen atoms in total. The molecule has 1 fully saturated rings. The number of nitrogen functional groups attached to an aromatic ring is 1. The van der Waals surface area contributed by atoms with Gasteiger partial charge in [-0.2, -0.15) is 0 Å². The molecule has 130 valence electrons. The van der Waals surface area contributed by atoms with Crippen molar-refractivity contribution in [1.29, 1.82) is 0 Å². The predicted octanol–water partition coefficient (Wildman–Crippen LogP) is 3.58. The van der Waals surface area contributed by atoms with Crippen LogP contribution in [0.2, 0.25) is 0 Å². The highest BCUT2D eigenvalue weighted by atomic mass is 16.5. The third-order valence-electron chi connectivity index (χ3n) is 4.91. The van der Waals surface area contributed by atoms with E-state index >= 15 is 0 Å². The summed E-state index contributed by atoms with van der Waals surface area (Å²) in [5.41, 5.74) is 11.0. The number of nitrogens with zero attached hydrogens (tertiary/aromatic N) is 3. The summed E-state index contributed by atoms with van der Waals surface area (Å²) in [6.07, 6.45) is 5.85. The molecular formula is C20H24N4O. The number of ether oxygens (including phenoxy) is 1. The highest BCUT2D eigenvalue weighted by molar-refractivity contribution is 5.68. The Kier molecular flexibility index (Phi) is 4.32. The monoisotopic (exact) mass is 336 g/mol. The summed E-state index contributed by atoms with van der Waals surface area (Å²) in [5, 5.41) is 0. The summed E-state index contributed by atoms with van der Waals surface area (Å²) in [6.45, 7) is 3.18. The summed E-state index contributed by atoms with van der Waals surface area (Å²) in [6, 6.07) is 12.0. The van der Waals surface area contributed by atoms with Crippen LogP contribution < -0.4 is 10.5 Å². The first-order valence-corrected chi connectivity index (χ1v) is 8.88. The van der Waals surface area contributed by atoms with Gasteiger partial charge in [-0.05, 0) is 50.2 Å². The lowest BCUT2D eigenvalue weighted by molar-refractivity contribution is 0.218. The Labute approximate surface area is 148 Å². The zero-order chi connectivity index (χ0) is 17.2. The Balaban J connectivity index is 1.82. The highest BCUT2D eigenvalue weighted by Gasteiger charge is 2.19. The average molecular weight is 336 g/mol. The molecule has 0 bridgehead atoms.